The van der Waals surface area contributed by atoms with Gasteiger partial charge in [0.25, 0.3) is 14.3 Å². The summed E-state index contributed by atoms with van der Waals surface area (Å²) in [5.74, 6) is -5.17. The largest absolute Gasteiger partial charge is 0.518 e. The summed E-state index contributed by atoms with van der Waals surface area (Å²) in [5, 5.41) is 0. The van der Waals surface area contributed by atoms with E-state index in [1.54, 1.807) is 14.0 Å². The third-order valence-corrected chi connectivity index (χ3v) is 33.8. The number of Topliss-reactive ketones (excluding diaryl/α,β-unsaturated/α-hetero) is 1. The van der Waals surface area contributed by atoms with E-state index in [0.29, 0.717) is 56.9 Å². The molecule has 18 heteroatoms. The number of rotatable bonds is 28. The van der Waals surface area contributed by atoms with Gasteiger partial charge >= 0.3 is 11.9 Å². The lowest BCUT2D eigenvalue weighted by atomic mass is 9.78. The van der Waals surface area contributed by atoms with E-state index >= 15 is 0 Å². The van der Waals surface area contributed by atoms with Crippen LogP contribution in [0, 0.1) is 11.8 Å². The fourth-order valence-electron chi connectivity index (χ4n) is 14.1. The molecule has 2 spiro atoms. The van der Waals surface area contributed by atoms with Crippen LogP contribution >= 0.6 is 0 Å². The average molecular weight is 1130 g/mol. The van der Waals surface area contributed by atoms with Crippen molar-refractivity contribution in [2.75, 3.05) is 7.11 Å². The zero-order valence-electron chi connectivity index (χ0n) is 50.4. The minimum absolute atomic E-state index is 0.00491. The Hall–Kier alpha value is -2.14. The van der Waals surface area contributed by atoms with E-state index in [-0.39, 0.29) is 59.8 Å². The molecule has 4 rings (SSSR count). The molecule has 0 unspecified atom stereocenters. The van der Waals surface area contributed by atoms with Crippen LogP contribution in [0.5, 0.6) is 0 Å². The highest BCUT2D eigenvalue weighted by Crippen LogP contribution is 2.50. The highest BCUT2D eigenvalue weighted by atomic mass is 28.4. The Balaban J connectivity index is 1.64. The van der Waals surface area contributed by atoms with E-state index in [9.17, 15) is 24.0 Å². The van der Waals surface area contributed by atoms with E-state index in [1.165, 1.54) is 13.8 Å². The van der Waals surface area contributed by atoms with E-state index in [1.807, 2.05) is 6.92 Å². The number of esters is 2. The summed E-state index contributed by atoms with van der Waals surface area (Å²) in [7, 11) is -5.23. The molecule has 4 aliphatic heterocycles. The molecule has 0 N–H and O–H groups in total. The lowest BCUT2D eigenvalue weighted by molar-refractivity contribution is -0.347. The van der Waals surface area contributed by atoms with E-state index in [4.69, 9.17) is 46.4 Å². The number of hydrogen-bond donors (Lipinski definition) is 0. The van der Waals surface area contributed by atoms with Crippen LogP contribution in [0.15, 0.2) is 12.2 Å². The number of methoxy groups -OCH3 is 1. The summed E-state index contributed by atoms with van der Waals surface area (Å²) in [6.07, 6.45) is -0.296. The highest BCUT2D eigenvalue weighted by Gasteiger charge is 2.57. The van der Waals surface area contributed by atoms with Crippen LogP contribution in [0.2, 0.25) is 52.9 Å². The molecule has 4 heterocycles. The van der Waals surface area contributed by atoms with Crippen molar-refractivity contribution >= 4 is 54.9 Å². The molecule has 15 nitrogen and oxygen atoms in total. The van der Waals surface area contributed by atoms with E-state index in [0.717, 1.165) is 42.6 Å². The molecule has 4 saturated heterocycles. The molecule has 0 aliphatic carbocycles. The Bertz CT molecular complexity index is 1900. The standard InChI is InChI=1S/C58H104O15Si3/c1-20-74(21-2,22-3)71-51-29-52(36-59)70-57(35-51)33-48(64-19)27-46(67-57)30-53(62)43(15)55(66-45(17)61)42(14)41(13)26-50-32-56(18,73-75(23-4,24-5)25-6)37-58(69-50)34-49(65-44(16)60)28-47(68-58)31-54(63)72-76(38(7)8,39(9)10)40(11)12/h36,38-40,42-43,46-52,55H,13,20-35,37H2,1-12,14-19H3/t42-,43-,46+,47-,48+,49+,50+,51+,52-,55+,56+,57-,58+/m1/s1. The van der Waals surface area contributed by atoms with Gasteiger partial charge in [-0.25, -0.2) is 0 Å². The first kappa shape index (κ1) is 66.4. The van der Waals surface area contributed by atoms with Crippen molar-refractivity contribution in [1.29, 1.82) is 0 Å². The first-order chi connectivity index (χ1) is 35.5. The summed E-state index contributed by atoms with van der Waals surface area (Å²) in [5.41, 5.74) is 0.565. The summed E-state index contributed by atoms with van der Waals surface area (Å²) in [6, 6.07) is 5.66. The quantitative estimate of drug-likeness (QED) is 0.0312. The number of aldehydes is 1. The Labute approximate surface area is 461 Å². The maximum absolute atomic E-state index is 14.6. The van der Waals surface area contributed by atoms with Crippen LogP contribution in [-0.2, 0) is 70.4 Å². The third kappa shape index (κ3) is 16.5. The second kappa shape index (κ2) is 28.0. The number of ether oxygens (including phenoxy) is 7. The van der Waals surface area contributed by atoms with Crippen LogP contribution in [-0.4, -0.2) is 128 Å². The molecule has 0 saturated carbocycles. The van der Waals surface area contributed by atoms with Gasteiger partial charge in [-0.1, -0.05) is 109 Å². The summed E-state index contributed by atoms with van der Waals surface area (Å²) in [6.45, 7) is 39.2. The molecule has 438 valence electrons. The first-order valence-electron chi connectivity index (χ1n) is 29.4. The summed E-state index contributed by atoms with van der Waals surface area (Å²) < 4.78 is 66.5. The number of carbonyl (C=O) groups is 5. The second-order valence-corrected chi connectivity index (χ2v) is 39.4. The van der Waals surface area contributed by atoms with Gasteiger partial charge in [-0.15, -0.1) is 0 Å². The number of hydrogen-bond acceptors (Lipinski definition) is 15. The normalized spacial score (nSPS) is 30.8. The van der Waals surface area contributed by atoms with E-state index < -0.39 is 103 Å². The molecule has 4 fully saturated rings. The molecule has 0 amide bonds. The molecule has 0 radical (unpaired) electrons. The SMILES string of the molecule is C=C(C[C@H]1C[C@](C)(O[Si](CC)(CC)CC)C[C@]2(C[C@@H](OC(C)=O)C[C@H](CC(=O)O[Si](C(C)C)(C(C)C)C(C)C)O2)O1)[C@@H](C)[C@H](OC(C)=O)[C@H](C)C(=O)C[C@@H]1C[C@H](OC)C[C@@]2(C[C@@H](O[Si](CC)(CC)CC)C[C@H](C=O)O2)O1. The van der Waals surface area contributed by atoms with Gasteiger partial charge in [-0.3, -0.25) is 19.2 Å². The third-order valence-electron chi connectivity index (χ3n) is 18.3. The first-order valence-corrected chi connectivity index (χ1v) is 36.6. The predicted molar refractivity (Wildman–Crippen MR) is 302 cm³/mol. The van der Waals surface area contributed by atoms with Gasteiger partial charge in [-0.05, 0) is 66.2 Å². The topological polar surface area (TPSA) is 178 Å². The van der Waals surface area contributed by atoms with Crippen LogP contribution in [0.4, 0.5) is 0 Å². The second-order valence-electron chi connectivity index (χ2n) is 24.6. The number of ketones is 1. The zero-order valence-corrected chi connectivity index (χ0v) is 53.4. The van der Waals surface area contributed by atoms with Crippen molar-refractivity contribution < 1.29 is 70.4 Å². The van der Waals surface area contributed by atoms with Crippen LogP contribution in [0.1, 0.15) is 188 Å². The Morgan fingerprint density at radius 2 is 1.14 bits per heavy atom. The van der Waals surface area contributed by atoms with Gasteiger partial charge < -0.3 is 51.2 Å². The lowest BCUT2D eigenvalue weighted by Gasteiger charge is -2.55. The molecule has 0 aromatic carbocycles. The van der Waals surface area contributed by atoms with Gasteiger partial charge in [0.1, 0.15) is 30.4 Å². The van der Waals surface area contributed by atoms with Crippen LogP contribution in [0.25, 0.3) is 0 Å². The van der Waals surface area contributed by atoms with Gasteiger partial charge in [-0.2, -0.15) is 0 Å². The fourth-order valence-corrected chi connectivity index (χ4v) is 25.3. The number of carbonyl (C=O) groups excluding carboxylic acids is 5. The van der Waals surface area contributed by atoms with Crippen molar-refractivity contribution in [3.8, 4) is 0 Å². The molecule has 4 aliphatic rings. The molecule has 0 aromatic rings. The Morgan fingerprint density at radius 1 is 0.632 bits per heavy atom. The van der Waals surface area contributed by atoms with Crippen LogP contribution in [0.3, 0.4) is 0 Å². The van der Waals surface area contributed by atoms with Gasteiger partial charge in [0.2, 0.25) is 0 Å². The monoisotopic (exact) mass is 1120 g/mol. The molecular weight excluding hydrogens is 1020 g/mol. The Morgan fingerprint density at radius 3 is 1.66 bits per heavy atom. The van der Waals surface area contributed by atoms with E-state index in [2.05, 4.69) is 96.6 Å². The molecule has 0 aromatic heterocycles. The Kier molecular flexibility index (Phi) is 24.5. The van der Waals surface area contributed by atoms with Crippen molar-refractivity contribution in [3.05, 3.63) is 12.2 Å². The highest BCUT2D eigenvalue weighted by molar-refractivity contribution is 6.79. The zero-order chi connectivity index (χ0) is 57.2. The van der Waals surface area contributed by atoms with Crippen molar-refractivity contribution in [2.24, 2.45) is 11.8 Å². The molecule has 0 bridgehead atoms. The van der Waals surface area contributed by atoms with Gasteiger partial charge in [0.15, 0.2) is 28.2 Å². The summed E-state index contributed by atoms with van der Waals surface area (Å²) in [4.78, 5) is 66.8. The lowest BCUT2D eigenvalue weighted by Crippen LogP contribution is -2.61. The minimum atomic E-state index is -2.57. The fraction of sp³-hybridized carbons (Fsp3) is 0.879. The van der Waals surface area contributed by atoms with Crippen molar-refractivity contribution in [1.82, 2.24) is 0 Å². The maximum atomic E-state index is 14.6. The molecule has 13 atom stereocenters. The van der Waals surface area contributed by atoms with Gasteiger partial charge in [0, 0.05) is 84.7 Å². The minimum Gasteiger partial charge on any atom is -0.518 e. The van der Waals surface area contributed by atoms with Gasteiger partial charge in [0.05, 0.1) is 48.5 Å². The van der Waals surface area contributed by atoms with Crippen LogP contribution < -0.4 is 0 Å². The predicted octanol–water partition coefficient (Wildman–Crippen LogP) is 12.6. The smallest absolute Gasteiger partial charge is 0.302 e. The molecule has 76 heavy (non-hydrogen) atoms. The average Bonchev–Trinajstić information content (AvgIpc) is 3.33. The van der Waals surface area contributed by atoms with Crippen molar-refractivity contribution in [2.45, 2.75) is 307 Å². The van der Waals surface area contributed by atoms with Crippen molar-refractivity contribution in [3.63, 3.8) is 0 Å². The molecular formula is C58H104O15Si3. The maximum Gasteiger partial charge on any atom is 0.302 e. The summed E-state index contributed by atoms with van der Waals surface area (Å²) >= 11 is 0.